The van der Waals surface area contributed by atoms with E-state index in [9.17, 15) is 0 Å². The minimum absolute atomic E-state index is 0.112. The first kappa shape index (κ1) is 29.3. The third-order valence-corrected chi connectivity index (χ3v) is 11.8. The Morgan fingerprint density at radius 3 is 1.68 bits per heavy atom. The molecule has 50 heavy (non-hydrogen) atoms. The summed E-state index contributed by atoms with van der Waals surface area (Å²) in [5, 5.41) is 7.82. The molecule has 0 N–H and O–H groups in total. The minimum Gasteiger partial charge on any atom is -0.309 e. The van der Waals surface area contributed by atoms with Crippen LogP contribution in [0.4, 0.5) is 0 Å². The lowest BCUT2D eigenvalue weighted by Crippen LogP contribution is -2.33. The number of para-hydroxylation sites is 1. The second-order valence-electron chi connectivity index (χ2n) is 15.7. The smallest absolute Gasteiger partial charge is 0.0562 e. The first-order valence-electron chi connectivity index (χ1n) is 18.0. The molecule has 0 unspecified atom stereocenters. The quantitative estimate of drug-likeness (QED) is 0.181. The Morgan fingerprint density at radius 1 is 0.400 bits per heavy atom. The third-order valence-electron chi connectivity index (χ3n) is 11.8. The van der Waals surface area contributed by atoms with E-state index in [1.807, 2.05) is 0 Å². The second kappa shape index (κ2) is 10.5. The van der Waals surface area contributed by atoms with Gasteiger partial charge in [0.15, 0.2) is 0 Å². The van der Waals surface area contributed by atoms with Crippen molar-refractivity contribution in [2.75, 3.05) is 0 Å². The summed E-state index contributed by atoms with van der Waals surface area (Å²) >= 11 is 0. The molecular formula is C48H40N2. The van der Waals surface area contributed by atoms with Gasteiger partial charge in [0.25, 0.3) is 0 Å². The maximum absolute atomic E-state index is 2.56. The third kappa shape index (κ3) is 4.21. The molecule has 0 amide bonds. The number of nitrogens with zero attached hydrogens (tertiary/aromatic N) is 2. The van der Waals surface area contributed by atoms with Crippen LogP contribution in [0.5, 0.6) is 0 Å². The van der Waals surface area contributed by atoms with Gasteiger partial charge in [-0.15, -0.1) is 0 Å². The summed E-state index contributed by atoms with van der Waals surface area (Å²) in [6.45, 7) is 9.74. The molecule has 2 nitrogen and oxygen atoms in total. The highest BCUT2D eigenvalue weighted by molar-refractivity contribution is 6.25. The van der Waals surface area contributed by atoms with Crippen LogP contribution >= 0.6 is 0 Å². The van der Waals surface area contributed by atoms with E-state index in [2.05, 4.69) is 182 Å². The monoisotopic (exact) mass is 644 g/mol. The van der Waals surface area contributed by atoms with Crippen molar-refractivity contribution in [1.82, 2.24) is 9.13 Å². The van der Waals surface area contributed by atoms with Crippen molar-refractivity contribution in [3.05, 3.63) is 157 Å². The first-order valence-corrected chi connectivity index (χ1v) is 18.0. The molecule has 242 valence electrons. The fourth-order valence-corrected chi connectivity index (χ4v) is 8.92. The van der Waals surface area contributed by atoms with Crippen molar-refractivity contribution in [2.45, 2.75) is 51.4 Å². The summed E-state index contributed by atoms with van der Waals surface area (Å²) in [6.07, 6.45) is 2.38. The van der Waals surface area contributed by atoms with Crippen LogP contribution in [0.25, 0.3) is 76.9 Å². The topological polar surface area (TPSA) is 9.86 Å². The van der Waals surface area contributed by atoms with Gasteiger partial charge in [-0.05, 0) is 111 Å². The van der Waals surface area contributed by atoms with E-state index in [-0.39, 0.29) is 10.8 Å². The Hall–Kier alpha value is -5.60. The van der Waals surface area contributed by atoms with Gasteiger partial charge < -0.3 is 9.13 Å². The zero-order chi connectivity index (χ0) is 33.8. The van der Waals surface area contributed by atoms with Gasteiger partial charge in [0.2, 0.25) is 0 Å². The van der Waals surface area contributed by atoms with Gasteiger partial charge in [-0.2, -0.15) is 0 Å². The molecule has 0 saturated carbocycles. The largest absolute Gasteiger partial charge is 0.309 e. The van der Waals surface area contributed by atoms with Crippen molar-refractivity contribution < 1.29 is 0 Å². The molecule has 0 spiro atoms. The number of hydrogen-bond acceptors (Lipinski definition) is 0. The van der Waals surface area contributed by atoms with Crippen LogP contribution in [0.15, 0.2) is 146 Å². The van der Waals surface area contributed by atoms with E-state index in [0.717, 1.165) is 0 Å². The predicted molar refractivity (Wildman–Crippen MR) is 213 cm³/mol. The molecule has 10 rings (SSSR count). The van der Waals surface area contributed by atoms with Crippen LogP contribution in [0.1, 0.15) is 51.7 Å². The molecule has 0 saturated heterocycles. The molecule has 2 aromatic heterocycles. The van der Waals surface area contributed by atoms with Crippen molar-refractivity contribution in [2.24, 2.45) is 0 Å². The van der Waals surface area contributed by atoms with Crippen molar-refractivity contribution >= 4 is 54.4 Å². The highest BCUT2D eigenvalue weighted by atomic mass is 15.0. The number of benzene rings is 7. The molecule has 1 aliphatic rings. The molecule has 0 aliphatic heterocycles. The van der Waals surface area contributed by atoms with Gasteiger partial charge in [0.05, 0.1) is 22.1 Å². The summed E-state index contributed by atoms with van der Waals surface area (Å²) in [6, 6.07) is 54.2. The molecule has 7 aromatic carbocycles. The number of rotatable bonds is 3. The molecule has 0 atom stereocenters. The van der Waals surface area contributed by atoms with Crippen molar-refractivity contribution in [3.8, 4) is 22.5 Å². The number of hydrogen-bond donors (Lipinski definition) is 0. The van der Waals surface area contributed by atoms with Crippen LogP contribution in [-0.4, -0.2) is 9.13 Å². The Kier molecular flexibility index (Phi) is 6.13. The van der Waals surface area contributed by atoms with Crippen LogP contribution in [0, 0.1) is 0 Å². The molecule has 2 heterocycles. The van der Waals surface area contributed by atoms with E-state index in [4.69, 9.17) is 0 Å². The van der Waals surface area contributed by atoms with Gasteiger partial charge in [-0.3, -0.25) is 0 Å². The standard InChI is InChI=1S/C48H40N2/c1-47(2)25-26-48(3,4)41-29-43-38(28-40(41)47)37-27-39-45(30-44(37)50(43)35-22-19-32(20-23-35)31-13-7-5-8-14-31)49(34-16-9-6-10-17-34)42-24-21-33-15-11-12-18-36(33)46(39)42/h5-24,27-30H,25-26H2,1-4H3. The van der Waals surface area contributed by atoms with Crippen LogP contribution < -0.4 is 0 Å². The summed E-state index contributed by atoms with van der Waals surface area (Å²) < 4.78 is 5.00. The molecule has 0 bridgehead atoms. The van der Waals surface area contributed by atoms with E-state index < -0.39 is 0 Å². The zero-order valence-corrected chi connectivity index (χ0v) is 29.2. The number of fused-ring (bicyclic) bond motifs is 9. The van der Waals surface area contributed by atoms with E-state index in [0.29, 0.717) is 0 Å². The maximum atomic E-state index is 2.56. The Balaban J connectivity index is 1.36. The molecule has 1 aliphatic carbocycles. The number of aromatic nitrogens is 2. The van der Waals surface area contributed by atoms with Gasteiger partial charge in [-0.1, -0.05) is 119 Å². The van der Waals surface area contributed by atoms with E-state index in [1.165, 1.54) is 101 Å². The fourth-order valence-electron chi connectivity index (χ4n) is 8.92. The maximum Gasteiger partial charge on any atom is 0.0562 e. The Bertz CT molecular complexity index is 2780. The average molecular weight is 645 g/mol. The van der Waals surface area contributed by atoms with Gasteiger partial charge in [-0.25, -0.2) is 0 Å². The molecule has 2 heteroatoms. The highest BCUT2D eigenvalue weighted by Crippen LogP contribution is 2.49. The lowest BCUT2D eigenvalue weighted by Gasteiger charge is -2.42. The van der Waals surface area contributed by atoms with E-state index >= 15 is 0 Å². The Morgan fingerprint density at radius 2 is 0.940 bits per heavy atom. The van der Waals surface area contributed by atoms with Crippen LogP contribution in [0.2, 0.25) is 0 Å². The summed E-state index contributed by atoms with van der Waals surface area (Å²) in [5.41, 5.74) is 13.0. The molecule has 0 radical (unpaired) electrons. The minimum atomic E-state index is 0.112. The molecular weight excluding hydrogens is 605 g/mol. The predicted octanol–water partition coefficient (Wildman–Crippen LogP) is 13.0. The zero-order valence-electron chi connectivity index (χ0n) is 29.2. The summed E-state index contributed by atoms with van der Waals surface area (Å²) in [7, 11) is 0. The lowest BCUT2D eigenvalue weighted by atomic mass is 9.63. The summed E-state index contributed by atoms with van der Waals surface area (Å²) in [4.78, 5) is 0. The molecule has 9 aromatic rings. The van der Waals surface area contributed by atoms with Gasteiger partial charge in [0, 0.05) is 32.9 Å². The van der Waals surface area contributed by atoms with Crippen LogP contribution in [0.3, 0.4) is 0 Å². The van der Waals surface area contributed by atoms with Crippen molar-refractivity contribution in [1.29, 1.82) is 0 Å². The second-order valence-corrected chi connectivity index (χ2v) is 15.7. The highest BCUT2D eigenvalue weighted by Gasteiger charge is 2.38. The normalized spacial score (nSPS) is 15.4. The first-order chi connectivity index (χ1) is 24.3. The lowest BCUT2D eigenvalue weighted by molar-refractivity contribution is 0.332. The van der Waals surface area contributed by atoms with Gasteiger partial charge in [0.1, 0.15) is 0 Å². The Labute approximate surface area is 293 Å². The summed E-state index contributed by atoms with van der Waals surface area (Å²) in [5.74, 6) is 0. The SMILES string of the molecule is CC1(C)CCC(C)(C)c2cc3c(cc21)c1cc2c4c5ccccc5ccc4n(-c4ccccc4)c2cc1n3-c1ccc(-c2ccccc2)cc1. The fraction of sp³-hybridized carbons (Fsp3) is 0.167. The average Bonchev–Trinajstić information content (AvgIpc) is 3.64. The van der Waals surface area contributed by atoms with Crippen LogP contribution in [-0.2, 0) is 10.8 Å². The molecule has 0 fully saturated rings. The van der Waals surface area contributed by atoms with Gasteiger partial charge >= 0.3 is 0 Å². The van der Waals surface area contributed by atoms with Crippen molar-refractivity contribution in [3.63, 3.8) is 0 Å². The van der Waals surface area contributed by atoms with E-state index in [1.54, 1.807) is 0 Å².